The molecule has 1 aromatic carbocycles. The first-order chi connectivity index (χ1) is 21.0. The van der Waals surface area contributed by atoms with Crippen molar-refractivity contribution in [3.8, 4) is 0 Å². The smallest absolute Gasteiger partial charge is 0.335 e. The molecule has 11 heteroatoms. The van der Waals surface area contributed by atoms with Crippen LogP contribution in [0.25, 0.3) is 16.6 Å². The standard InChI is InChI=1S/C33H43N5O5S/c1-5-36(4)20-26-23-13-9-14-25-29(23)38(31(26)32(39)34-44(42,43)35(2)3)18-10-17-37-27-19-22(33(40)41)15-16-24(27)28(30(25)37)21-11-7-6-8-12-21/h9,13-15,19,21,24H,5-8,10-12,16-18,20H2,1-4H3,(H,34,39)(H,40,41). The number of carboxylic acid groups (broad SMARTS) is 1. The molecule has 6 rings (SSSR count). The van der Waals surface area contributed by atoms with E-state index in [1.54, 1.807) is 0 Å². The van der Waals surface area contributed by atoms with Crippen molar-refractivity contribution in [2.45, 2.75) is 65.0 Å². The average Bonchev–Trinajstić information content (AvgIpc) is 3.48. The second-order valence-corrected chi connectivity index (χ2v) is 14.6. The van der Waals surface area contributed by atoms with Crippen molar-refractivity contribution in [3.63, 3.8) is 0 Å². The largest absolute Gasteiger partial charge is 0.478 e. The van der Waals surface area contributed by atoms with Crippen LogP contribution in [-0.2, 0) is 28.1 Å². The van der Waals surface area contributed by atoms with Crippen LogP contribution in [0.5, 0.6) is 0 Å². The lowest BCUT2D eigenvalue weighted by Crippen LogP contribution is -2.40. The third kappa shape index (κ3) is 5.18. The number of carboxylic acids is 1. The number of carbonyl (C=O) groups is 2. The number of para-hydroxylation sites is 1. The molecule has 2 aliphatic carbocycles. The van der Waals surface area contributed by atoms with Gasteiger partial charge in [0.2, 0.25) is 0 Å². The molecule has 0 saturated heterocycles. The number of allylic oxidation sites excluding steroid dienone is 2. The first-order valence-corrected chi connectivity index (χ1v) is 17.2. The highest BCUT2D eigenvalue weighted by Crippen LogP contribution is 2.53. The van der Waals surface area contributed by atoms with Gasteiger partial charge in [-0.05, 0) is 56.8 Å². The minimum absolute atomic E-state index is 0.131. The number of hydrogen-bond acceptors (Lipinski definition) is 6. The Hall–Kier alpha value is -3.41. The minimum Gasteiger partial charge on any atom is -0.478 e. The molecule has 236 valence electrons. The maximum Gasteiger partial charge on any atom is 0.335 e. The van der Waals surface area contributed by atoms with E-state index in [1.807, 2.05) is 35.9 Å². The van der Waals surface area contributed by atoms with Crippen molar-refractivity contribution in [1.82, 2.24) is 23.4 Å². The first kappa shape index (κ1) is 30.6. The Labute approximate surface area is 259 Å². The summed E-state index contributed by atoms with van der Waals surface area (Å²) < 4.78 is 31.0. The molecule has 4 aliphatic rings. The lowest BCUT2D eigenvalue weighted by Gasteiger charge is -2.30. The van der Waals surface area contributed by atoms with Crippen LogP contribution < -0.4 is 4.72 Å². The molecular weight excluding hydrogens is 578 g/mol. The maximum absolute atomic E-state index is 13.9. The summed E-state index contributed by atoms with van der Waals surface area (Å²) in [4.78, 5) is 30.5. The first-order valence-electron chi connectivity index (χ1n) is 15.8. The Morgan fingerprint density at radius 2 is 1.82 bits per heavy atom. The summed E-state index contributed by atoms with van der Waals surface area (Å²) in [7, 11) is 0.798. The maximum atomic E-state index is 13.9. The van der Waals surface area contributed by atoms with Crippen molar-refractivity contribution in [2.24, 2.45) is 11.8 Å². The number of aliphatic carboxylic acids is 1. The zero-order valence-corrected chi connectivity index (χ0v) is 26.9. The molecule has 1 atom stereocenters. The number of amides is 1. The quantitative estimate of drug-likeness (QED) is 0.444. The van der Waals surface area contributed by atoms with Gasteiger partial charge in [-0.3, -0.25) is 4.79 Å². The van der Waals surface area contributed by atoms with Crippen LogP contribution in [0.3, 0.4) is 0 Å². The number of nitrogens with zero attached hydrogens (tertiary/aromatic N) is 4. The lowest BCUT2D eigenvalue weighted by atomic mass is 9.75. The fourth-order valence-electron chi connectivity index (χ4n) is 7.61. The zero-order valence-electron chi connectivity index (χ0n) is 26.1. The Morgan fingerprint density at radius 3 is 2.50 bits per heavy atom. The van der Waals surface area contributed by atoms with Gasteiger partial charge in [0.05, 0.1) is 16.8 Å². The number of benzene rings is 1. The van der Waals surface area contributed by atoms with E-state index in [0.717, 1.165) is 57.1 Å². The molecule has 1 saturated carbocycles. The van der Waals surface area contributed by atoms with E-state index >= 15 is 0 Å². The second-order valence-electron chi connectivity index (χ2n) is 12.7. The highest BCUT2D eigenvalue weighted by Gasteiger charge is 2.43. The fraction of sp³-hybridized carbons (Fsp3) is 0.515. The molecule has 10 nitrogen and oxygen atoms in total. The minimum atomic E-state index is -4.00. The molecular formula is C33H43N5O5S. The van der Waals surface area contributed by atoms with Gasteiger partial charge in [0, 0.05) is 61.9 Å². The molecule has 1 aromatic heterocycles. The van der Waals surface area contributed by atoms with Crippen LogP contribution in [0.4, 0.5) is 0 Å². The topological polar surface area (TPSA) is 115 Å². The van der Waals surface area contributed by atoms with Crippen molar-refractivity contribution in [1.29, 1.82) is 0 Å². The SMILES string of the molecule is CCN(C)Cc1c(C(=O)NS(=O)(=O)N(C)C)n2c3c(cccc13)C1=C(C3CCCCC3)C3CC=C(C(=O)O)C=C3N1CCC2. The molecule has 1 fully saturated rings. The van der Waals surface area contributed by atoms with Gasteiger partial charge >= 0.3 is 16.2 Å². The molecule has 2 aromatic rings. The van der Waals surface area contributed by atoms with Crippen molar-refractivity contribution in [2.75, 3.05) is 34.2 Å². The van der Waals surface area contributed by atoms with E-state index in [4.69, 9.17) is 0 Å². The summed E-state index contributed by atoms with van der Waals surface area (Å²) in [5.41, 5.74) is 7.13. The van der Waals surface area contributed by atoms with E-state index in [-0.39, 0.29) is 5.92 Å². The Bertz CT molecular complexity index is 1710. The average molecular weight is 622 g/mol. The van der Waals surface area contributed by atoms with E-state index in [0.29, 0.717) is 49.7 Å². The van der Waals surface area contributed by atoms with E-state index in [1.165, 1.54) is 38.9 Å². The number of carbonyl (C=O) groups excluding carboxylic acids is 1. The molecule has 3 heterocycles. The van der Waals surface area contributed by atoms with Crippen molar-refractivity contribution in [3.05, 3.63) is 64.0 Å². The molecule has 44 heavy (non-hydrogen) atoms. The van der Waals surface area contributed by atoms with Crippen LogP contribution in [0.15, 0.2) is 47.2 Å². The monoisotopic (exact) mass is 621 g/mol. The zero-order chi connectivity index (χ0) is 31.3. The van der Waals surface area contributed by atoms with Gasteiger partial charge in [-0.15, -0.1) is 0 Å². The number of fused-ring (bicyclic) bond motifs is 4. The Kier molecular flexibility index (Phi) is 8.23. The molecule has 0 radical (unpaired) electrons. The number of aryl methyl sites for hydroxylation is 1. The highest BCUT2D eigenvalue weighted by molar-refractivity contribution is 7.87. The van der Waals surface area contributed by atoms with E-state index < -0.39 is 22.1 Å². The van der Waals surface area contributed by atoms with Crippen molar-refractivity contribution < 1.29 is 23.1 Å². The molecule has 1 unspecified atom stereocenters. The summed E-state index contributed by atoms with van der Waals surface area (Å²) in [6, 6.07) is 6.21. The third-order valence-electron chi connectivity index (χ3n) is 9.85. The van der Waals surface area contributed by atoms with Gasteiger partial charge in [-0.25, -0.2) is 9.52 Å². The number of hydrogen-bond donors (Lipinski definition) is 2. The molecule has 0 spiro atoms. The lowest BCUT2D eigenvalue weighted by molar-refractivity contribution is -0.132. The molecule has 0 bridgehead atoms. The third-order valence-corrected chi connectivity index (χ3v) is 11.3. The predicted octanol–water partition coefficient (Wildman–Crippen LogP) is 4.55. The summed E-state index contributed by atoms with van der Waals surface area (Å²) in [5, 5.41) is 10.8. The number of aromatic nitrogens is 1. The van der Waals surface area contributed by atoms with Gasteiger partial charge in [0.25, 0.3) is 5.91 Å². The predicted molar refractivity (Wildman–Crippen MR) is 171 cm³/mol. The summed E-state index contributed by atoms with van der Waals surface area (Å²) in [6.07, 6.45) is 11.0. The van der Waals surface area contributed by atoms with Gasteiger partial charge in [-0.1, -0.05) is 50.5 Å². The fourth-order valence-corrected chi connectivity index (χ4v) is 8.12. The number of nitrogens with one attached hydrogen (secondary N) is 1. The van der Waals surface area contributed by atoms with Crippen LogP contribution in [0, 0.1) is 11.8 Å². The highest BCUT2D eigenvalue weighted by atomic mass is 32.2. The van der Waals surface area contributed by atoms with Gasteiger partial charge in [0.1, 0.15) is 5.69 Å². The number of rotatable bonds is 8. The van der Waals surface area contributed by atoms with E-state index in [9.17, 15) is 23.1 Å². The van der Waals surface area contributed by atoms with Crippen molar-refractivity contribution >= 4 is 38.7 Å². The van der Waals surface area contributed by atoms with E-state index in [2.05, 4.69) is 27.5 Å². The van der Waals surface area contributed by atoms with Gasteiger partial charge in [0.15, 0.2) is 0 Å². The summed E-state index contributed by atoms with van der Waals surface area (Å²) in [6.45, 7) is 4.52. The summed E-state index contributed by atoms with van der Waals surface area (Å²) in [5.74, 6) is -0.989. The Balaban J connectivity index is 1.61. The molecule has 1 amide bonds. The van der Waals surface area contributed by atoms with Crippen LogP contribution in [0.2, 0.25) is 0 Å². The molecule has 2 N–H and O–H groups in total. The van der Waals surface area contributed by atoms with Gasteiger partial charge < -0.3 is 19.5 Å². The van der Waals surface area contributed by atoms with Gasteiger partial charge in [-0.2, -0.15) is 12.7 Å². The van der Waals surface area contributed by atoms with Crippen LogP contribution in [-0.4, -0.2) is 78.3 Å². The normalized spacial score (nSPS) is 20.8. The van der Waals surface area contributed by atoms with Crippen LogP contribution in [0.1, 0.15) is 73.5 Å². The van der Waals surface area contributed by atoms with Crippen LogP contribution >= 0.6 is 0 Å². The molecule has 2 aliphatic heterocycles. The second kappa shape index (κ2) is 11.8. The Morgan fingerprint density at radius 1 is 1.07 bits per heavy atom. The summed E-state index contributed by atoms with van der Waals surface area (Å²) >= 11 is 0.